The summed E-state index contributed by atoms with van der Waals surface area (Å²) in [6.45, 7) is 4.20. The maximum atomic E-state index is 13.3. The van der Waals surface area contributed by atoms with Crippen LogP contribution in [0.3, 0.4) is 0 Å². The fraction of sp³-hybridized carbons (Fsp3) is 0.250. The van der Waals surface area contributed by atoms with Gasteiger partial charge in [-0.3, -0.25) is 4.79 Å². The van der Waals surface area contributed by atoms with Crippen LogP contribution in [-0.4, -0.2) is 20.5 Å². The summed E-state index contributed by atoms with van der Waals surface area (Å²) in [6, 6.07) is 16.5. The lowest BCUT2D eigenvalue weighted by Crippen LogP contribution is -2.36. The Kier molecular flexibility index (Phi) is 4.45. The summed E-state index contributed by atoms with van der Waals surface area (Å²) in [7, 11) is 0. The van der Waals surface area contributed by atoms with Crippen molar-refractivity contribution in [1.29, 1.82) is 5.26 Å². The van der Waals surface area contributed by atoms with Crippen LogP contribution in [0.5, 0.6) is 0 Å². The molecule has 0 fully saturated rings. The molecule has 1 N–H and O–H groups in total. The highest BCUT2D eigenvalue weighted by molar-refractivity contribution is 6.33. The molecule has 1 atom stereocenters. The lowest BCUT2D eigenvalue weighted by Gasteiger charge is -2.38. The van der Waals surface area contributed by atoms with Crippen LogP contribution in [-0.2, 0) is 4.79 Å². The minimum Gasteiger partial charge on any atom is -0.328 e. The van der Waals surface area contributed by atoms with Gasteiger partial charge in [-0.1, -0.05) is 49.7 Å². The number of hydrogen-bond donors (Lipinski definition) is 1. The summed E-state index contributed by atoms with van der Waals surface area (Å²) in [5.41, 5.74) is 3.66. The molecule has 0 radical (unpaired) electrons. The fourth-order valence-electron chi connectivity index (χ4n) is 4.41. The Bertz CT molecular complexity index is 1280. The number of fused-ring (bicyclic) bond motifs is 1. The zero-order valence-electron chi connectivity index (χ0n) is 17.2. The molecule has 31 heavy (non-hydrogen) atoms. The van der Waals surface area contributed by atoms with Gasteiger partial charge in [0.05, 0.1) is 16.7 Å². The van der Waals surface area contributed by atoms with Gasteiger partial charge in [0.1, 0.15) is 6.04 Å². The van der Waals surface area contributed by atoms with Crippen molar-refractivity contribution in [2.75, 3.05) is 5.32 Å². The Morgan fingerprint density at radius 1 is 1.16 bits per heavy atom. The number of rotatable bonds is 2. The van der Waals surface area contributed by atoms with Gasteiger partial charge in [0.25, 0.3) is 0 Å². The third-order valence-corrected chi connectivity index (χ3v) is 6.13. The molecular weight excluding hydrogens is 410 g/mol. The van der Waals surface area contributed by atoms with Crippen molar-refractivity contribution in [3.8, 4) is 17.5 Å². The third-order valence-electron chi connectivity index (χ3n) is 5.80. The molecule has 2 aromatic carbocycles. The molecular formula is C24H20ClN5O. The number of Topliss-reactive ketones (excluding diaryl/α,β-unsaturated/α-hetero) is 1. The van der Waals surface area contributed by atoms with Crippen molar-refractivity contribution in [1.82, 2.24) is 14.8 Å². The van der Waals surface area contributed by atoms with E-state index in [4.69, 9.17) is 21.7 Å². The van der Waals surface area contributed by atoms with Gasteiger partial charge in [-0.05, 0) is 41.7 Å². The number of allylic oxidation sites excluding steroid dienone is 2. The summed E-state index contributed by atoms with van der Waals surface area (Å²) < 4.78 is 1.76. The van der Waals surface area contributed by atoms with Crippen LogP contribution in [0.1, 0.15) is 43.9 Å². The number of nitrogens with one attached hydrogen (secondary N) is 1. The molecule has 0 bridgehead atoms. The molecule has 1 aliphatic heterocycles. The Morgan fingerprint density at radius 3 is 2.61 bits per heavy atom. The van der Waals surface area contributed by atoms with E-state index in [0.29, 0.717) is 34.4 Å². The second kappa shape index (κ2) is 7.07. The topological polar surface area (TPSA) is 83.6 Å². The Hall–Kier alpha value is -3.43. The first-order valence-electron chi connectivity index (χ1n) is 10.1. The second-order valence-electron chi connectivity index (χ2n) is 8.78. The molecule has 1 aliphatic carbocycles. The number of halogens is 1. The first-order chi connectivity index (χ1) is 14.9. The Balaban J connectivity index is 1.69. The fourth-order valence-corrected chi connectivity index (χ4v) is 4.63. The molecule has 2 aliphatic rings. The van der Waals surface area contributed by atoms with E-state index in [1.807, 2.05) is 30.3 Å². The van der Waals surface area contributed by atoms with Gasteiger partial charge >= 0.3 is 0 Å². The molecule has 3 aromatic rings. The molecule has 2 heterocycles. The molecule has 0 spiro atoms. The van der Waals surface area contributed by atoms with Gasteiger partial charge in [0.2, 0.25) is 5.95 Å². The monoisotopic (exact) mass is 429 g/mol. The highest BCUT2D eigenvalue weighted by Crippen LogP contribution is 2.45. The number of anilines is 1. The molecule has 6 nitrogen and oxygen atoms in total. The maximum absolute atomic E-state index is 13.3. The Morgan fingerprint density at radius 2 is 1.90 bits per heavy atom. The average molecular weight is 430 g/mol. The van der Waals surface area contributed by atoms with Crippen molar-refractivity contribution in [2.24, 2.45) is 5.41 Å². The van der Waals surface area contributed by atoms with E-state index >= 15 is 0 Å². The SMILES string of the molecule is CC1(C)CC(=O)C2=C(C1)Nc1nc(-c3ccccc3Cl)nn1C2c1ccc(C#N)cc1. The van der Waals surface area contributed by atoms with Crippen LogP contribution in [0.4, 0.5) is 5.95 Å². The second-order valence-corrected chi connectivity index (χ2v) is 9.19. The lowest BCUT2D eigenvalue weighted by atomic mass is 9.73. The van der Waals surface area contributed by atoms with Crippen molar-refractivity contribution in [3.05, 3.63) is 76.0 Å². The number of aromatic nitrogens is 3. The Labute approximate surface area is 185 Å². The van der Waals surface area contributed by atoms with Crippen LogP contribution in [0.15, 0.2) is 59.8 Å². The quantitative estimate of drug-likeness (QED) is 0.610. The number of carbonyl (C=O) groups excluding carboxylic acids is 1. The van der Waals surface area contributed by atoms with Crippen LogP contribution in [0, 0.1) is 16.7 Å². The number of benzene rings is 2. The number of hydrogen-bond acceptors (Lipinski definition) is 5. The highest BCUT2D eigenvalue weighted by Gasteiger charge is 2.41. The molecule has 7 heteroatoms. The van der Waals surface area contributed by atoms with Gasteiger partial charge in [-0.2, -0.15) is 10.2 Å². The van der Waals surface area contributed by atoms with E-state index in [9.17, 15) is 10.1 Å². The van der Waals surface area contributed by atoms with Crippen LogP contribution in [0.25, 0.3) is 11.4 Å². The number of nitrogens with zero attached hydrogens (tertiary/aromatic N) is 4. The smallest absolute Gasteiger partial charge is 0.226 e. The summed E-state index contributed by atoms with van der Waals surface area (Å²) in [6.07, 6.45) is 1.22. The summed E-state index contributed by atoms with van der Waals surface area (Å²) in [5.74, 6) is 1.18. The van der Waals surface area contributed by atoms with Gasteiger partial charge in [-0.15, -0.1) is 5.10 Å². The average Bonchev–Trinajstić information content (AvgIpc) is 3.15. The summed E-state index contributed by atoms with van der Waals surface area (Å²) in [5, 5.41) is 17.9. The first kappa shape index (κ1) is 19.5. The number of ketones is 1. The lowest BCUT2D eigenvalue weighted by molar-refractivity contribution is -0.118. The van der Waals surface area contributed by atoms with Crippen molar-refractivity contribution < 1.29 is 4.79 Å². The molecule has 1 aromatic heterocycles. The molecule has 0 amide bonds. The van der Waals surface area contributed by atoms with Gasteiger partial charge in [-0.25, -0.2) is 4.68 Å². The first-order valence-corrected chi connectivity index (χ1v) is 10.5. The van der Waals surface area contributed by atoms with E-state index in [0.717, 1.165) is 23.2 Å². The minimum absolute atomic E-state index is 0.105. The van der Waals surface area contributed by atoms with Gasteiger partial charge in [0, 0.05) is 23.3 Å². The van der Waals surface area contributed by atoms with Crippen LogP contribution in [0.2, 0.25) is 5.02 Å². The predicted molar refractivity (Wildman–Crippen MR) is 118 cm³/mol. The molecule has 0 saturated carbocycles. The molecule has 154 valence electrons. The largest absolute Gasteiger partial charge is 0.328 e. The highest BCUT2D eigenvalue weighted by atomic mass is 35.5. The molecule has 5 rings (SSSR count). The molecule has 1 unspecified atom stereocenters. The summed E-state index contributed by atoms with van der Waals surface area (Å²) >= 11 is 6.39. The zero-order valence-corrected chi connectivity index (χ0v) is 17.9. The zero-order chi connectivity index (χ0) is 21.8. The standard InChI is InChI=1S/C24H20ClN5O/c1-24(2)11-18-20(19(31)12-24)21(15-9-7-14(13-26)8-10-15)30-23(27-18)28-22(29-30)16-5-3-4-6-17(16)25/h3-10,21H,11-12H2,1-2H3,(H,27,28,29). The van der Waals surface area contributed by atoms with Crippen molar-refractivity contribution in [2.45, 2.75) is 32.7 Å². The van der Waals surface area contributed by atoms with Crippen LogP contribution < -0.4 is 5.32 Å². The van der Waals surface area contributed by atoms with E-state index in [1.54, 1.807) is 22.9 Å². The number of carbonyl (C=O) groups is 1. The minimum atomic E-state index is -0.411. The van der Waals surface area contributed by atoms with Gasteiger partial charge < -0.3 is 5.32 Å². The van der Waals surface area contributed by atoms with Crippen LogP contribution >= 0.6 is 11.6 Å². The maximum Gasteiger partial charge on any atom is 0.226 e. The number of nitriles is 1. The van der Waals surface area contributed by atoms with E-state index < -0.39 is 6.04 Å². The van der Waals surface area contributed by atoms with E-state index in [2.05, 4.69) is 25.2 Å². The normalized spacial score (nSPS) is 19.3. The van der Waals surface area contributed by atoms with E-state index in [-0.39, 0.29) is 11.2 Å². The summed E-state index contributed by atoms with van der Waals surface area (Å²) in [4.78, 5) is 18.0. The molecule has 0 saturated heterocycles. The predicted octanol–water partition coefficient (Wildman–Crippen LogP) is 5.13. The van der Waals surface area contributed by atoms with Gasteiger partial charge in [0.15, 0.2) is 11.6 Å². The third kappa shape index (κ3) is 3.31. The van der Waals surface area contributed by atoms with Crippen molar-refractivity contribution >= 4 is 23.3 Å². The van der Waals surface area contributed by atoms with Crippen molar-refractivity contribution in [3.63, 3.8) is 0 Å². The van der Waals surface area contributed by atoms with E-state index in [1.165, 1.54) is 0 Å².